The number of hydrogen-bond acceptors (Lipinski definition) is 4. The lowest BCUT2D eigenvalue weighted by Crippen LogP contribution is -2.43. The van der Waals surface area contributed by atoms with E-state index in [9.17, 15) is 0 Å². The van der Waals surface area contributed by atoms with Gasteiger partial charge in [0.25, 0.3) is 0 Å². The molecule has 0 bridgehead atoms. The zero-order valence-electron chi connectivity index (χ0n) is 16.8. The lowest BCUT2D eigenvalue weighted by molar-refractivity contribution is 0.588. The number of pyridine rings is 1. The summed E-state index contributed by atoms with van der Waals surface area (Å²) in [7, 11) is 0. The SMILES string of the molecule is Cc1cccc(C)c1CNc1cc(N2CCNCC2)cn2c(C)c(C)nc12. The molecule has 142 valence electrons. The van der Waals surface area contributed by atoms with Crippen LogP contribution in [0, 0.1) is 27.7 Å². The quantitative estimate of drug-likeness (QED) is 0.744. The smallest absolute Gasteiger partial charge is 0.160 e. The van der Waals surface area contributed by atoms with Crippen molar-refractivity contribution in [1.29, 1.82) is 0 Å². The Bertz CT molecular complexity index is 946. The van der Waals surface area contributed by atoms with Crippen LogP contribution >= 0.6 is 0 Å². The van der Waals surface area contributed by atoms with Crippen LogP contribution in [0.4, 0.5) is 11.4 Å². The molecule has 2 aromatic heterocycles. The lowest BCUT2D eigenvalue weighted by Gasteiger charge is -2.30. The van der Waals surface area contributed by atoms with Gasteiger partial charge in [0.1, 0.15) is 0 Å². The average Bonchev–Trinajstić information content (AvgIpc) is 2.96. The summed E-state index contributed by atoms with van der Waals surface area (Å²) < 4.78 is 2.24. The third kappa shape index (κ3) is 3.39. The van der Waals surface area contributed by atoms with E-state index in [0.717, 1.165) is 49.8 Å². The first-order valence-electron chi connectivity index (χ1n) is 9.78. The first-order chi connectivity index (χ1) is 13.0. The molecule has 2 N–H and O–H groups in total. The fourth-order valence-corrected chi connectivity index (χ4v) is 3.89. The maximum absolute atomic E-state index is 4.83. The third-order valence-electron chi connectivity index (χ3n) is 5.76. The van der Waals surface area contributed by atoms with Gasteiger partial charge in [0.15, 0.2) is 5.65 Å². The molecular formula is C22H29N5. The second kappa shape index (κ2) is 7.24. The highest BCUT2D eigenvalue weighted by Crippen LogP contribution is 2.28. The van der Waals surface area contributed by atoms with Gasteiger partial charge >= 0.3 is 0 Å². The summed E-state index contributed by atoms with van der Waals surface area (Å²) in [6, 6.07) is 8.75. The predicted octanol–water partition coefficient (Wildman–Crippen LogP) is 3.59. The van der Waals surface area contributed by atoms with Crippen molar-refractivity contribution >= 4 is 17.0 Å². The second-order valence-electron chi connectivity index (χ2n) is 7.55. The number of nitrogens with one attached hydrogen (secondary N) is 2. The van der Waals surface area contributed by atoms with Gasteiger partial charge in [-0.05, 0) is 50.5 Å². The number of imidazole rings is 1. The highest BCUT2D eigenvalue weighted by molar-refractivity contribution is 5.74. The van der Waals surface area contributed by atoms with Gasteiger partial charge in [-0.1, -0.05) is 18.2 Å². The van der Waals surface area contributed by atoms with E-state index < -0.39 is 0 Å². The number of nitrogens with zero attached hydrogens (tertiary/aromatic N) is 3. The Morgan fingerprint density at radius 3 is 2.48 bits per heavy atom. The zero-order valence-corrected chi connectivity index (χ0v) is 16.8. The largest absolute Gasteiger partial charge is 0.378 e. The highest BCUT2D eigenvalue weighted by Gasteiger charge is 2.16. The van der Waals surface area contributed by atoms with E-state index in [1.54, 1.807) is 0 Å². The topological polar surface area (TPSA) is 44.6 Å². The maximum atomic E-state index is 4.83. The van der Waals surface area contributed by atoms with Crippen molar-refractivity contribution in [3.05, 3.63) is 58.5 Å². The Morgan fingerprint density at radius 2 is 1.78 bits per heavy atom. The van der Waals surface area contributed by atoms with E-state index in [4.69, 9.17) is 4.98 Å². The van der Waals surface area contributed by atoms with Gasteiger partial charge in [-0.15, -0.1) is 0 Å². The van der Waals surface area contributed by atoms with Crippen LogP contribution in [0.3, 0.4) is 0 Å². The normalized spacial score (nSPS) is 14.7. The third-order valence-corrected chi connectivity index (χ3v) is 5.76. The van der Waals surface area contributed by atoms with Crippen molar-refractivity contribution in [2.75, 3.05) is 36.4 Å². The van der Waals surface area contributed by atoms with Crippen LogP contribution in [0.2, 0.25) is 0 Å². The number of hydrogen-bond donors (Lipinski definition) is 2. The molecule has 4 rings (SSSR count). The van der Waals surface area contributed by atoms with Crippen LogP contribution in [0.5, 0.6) is 0 Å². The van der Waals surface area contributed by atoms with Gasteiger partial charge in [-0.3, -0.25) is 0 Å². The highest BCUT2D eigenvalue weighted by atomic mass is 15.2. The van der Waals surface area contributed by atoms with Gasteiger partial charge in [0, 0.05) is 44.6 Å². The van der Waals surface area contributed by atoms with Crippen molar-refractivity contribution in [2.45, 2.75) is 34.2 Å². The van der Waals surface area contributed by atoms with E-state index in [2.05, 4.69) is 78.1 Å². The van der Waals surface area contributed by atoms with Gasteiger partial charge in [0.2, 0.25) is 0 Å². The van der Waals surface area contributed by atoms with Gasteiger partial charge in [-0.25, -0.2) is 4.98 Å². The molecule has 5 heteroatoms. The van der Waals surface area contributed by atoms with Crippen molar-refractivity contribution < 1.29 is 0 Å². The minimum absolute atomic E-state index is 0.810. The molecule has 0 amide bonds. The molecule has 1 saturated heterocycles. The van der Waals surface area contributed by atoms with Crippen LogP contribution in [-0.2, 0) is 6.54 Å². The fraction of sp³-hybridized carbons (Fsp3) is 0.409. The monoisotopic (exact) mass is 363 g/mol. The molecule has 1 aromatic carbocycles. The van der Waals surface area contributed by atoms with E-state index in [1.165, 1.54) is 28.1 Å². The molecule has 0 aliphatic carbocycles. The van der Waals surface area contributed by atoms with Crippen molar-refractivity contribution in [3.8, 4) is 0 Å². The molecule has 27 heavy (non-hydrogen) atoms. The number of benzene rings is 1. The molecule has 0 radical (unpaired) electrons. The first-order valence-corrected chi connectivity index (χ1v) is 9.78. The van der Waals surface area contributed by atoms with Crippen molar-refractivity contribution in [2.24, 2.45) is 0 Å². The van der Waals surface area contributed by atoms with Crippen LogP contribution in [0.15, 0.2) is 30.5 Å². The molecule has 1 aliphatic heterocycles. The Balaban J connectivity index is 1.72. The van der Waals surface area contributed by atoms with Crippen molar-refractivity contribution in [3.63, 3.8) is 0 Å². The lowest BCUT2D eigenvalue weighted by atomic mass is 10.0. The molecule has 3 heterocycles. The summed E-state index contributed by atoms with van der Waals surface area (Å²) >= 11 is 0. The standard InChI is InChI=1S/C22H29N5/c1-15-6-5-7-16(2)20(15)13-24-21-12-19(26-10-8-23-9-11-26)14-27-18(4)17(3)25-22(21)27/h5-7,12,14,23-24H,8-11,13H2,1-4H3. The molecule has 0 saturated carbocycles. The van der Waals surface area contributed by atoms with Gasteiger partial charge in [-0.2, -0.15) is 0 Å². The summed E-state index contributed by atoms with van der Waals surface area (Å²) in [5.41, 5.74) is 9.68. The Hall–Kier alpha value is -2.53. The number of aromatic nitrogens is 2. The van der Waals surface area contributed by atoms with E-state index in [0.29, 0.717) is 0 Å². The number of rotatable bonds is 4. The molecule has 5 nitrogen and oxygen atoms in total. The summed E-state index contributed by atoms with van der Waals surface area (Å²) in [6.45, 7) is 13.5. The van der Waals surface area contributed by atoms with Crippen molar-refractivity contribution in [1.82, 2.24) is 14.7 Å². The Kier molecular flexibility index (Phi) is 4.79. The Labute approximate surface area is 161 Å². The van der Waals surface area contributed by atoms with Crippen LogP contribution < -0.4 is 15.5 Å². The first kappa shape index (κ1) is 17.9. The predicted molar refractivity (Wildman–Crippen MR) is 113 cm³/mol. The zero-order chi connectivity index (χ0) is 19.0. The number of piperazine rings is 1. The summed E-state index contributed by atoms with van der Waals surface area (Å²) in [4.78, 5) is 7.28. The fourth-order valence-electron chi connectivity index (χ4n) is 3.89. The second-order valence-corrected chi connectivity index (χ2v) is 7.55. The molecule has 0 atom stereocenters. The Morgan fingerprint density at radius 1 is 1.07 bits per heavy atom. The van der Waals surface area contributed by atoms with Gasteiger partial charge < -0.3 is 19.9 Å². The summed E-state index contributed by atoms with van der Waals surface area (Å²) in [5, 5.41) is 7.11. The molecule has 1 aliphatic rings. The average molecular weight is 364 g/mol. The maximum Gasteiger partial charge on any atom is 0.160 e. The van der Waals surface area contributed by atoms with E-state index in [1.807, 2.05) is 0 Å². The van der Waals surface area contributed by atoms with Crippen LogP contribution in [0.25, 0.3) is 5.65 Å². The molecule has 1 fully saturated rings. The van der Waals surface area contributed by atoms with Crippen LogP contribution in [-0.4, -0.2) is 35.6 Å². The minimum Gasteiger partial charge on any atom is -0.378 e. The van der Waals surface area contributed by atoms with E-state index >= 15 is 0 Å². The number of aryl methyl sites for hydroxylation is 4. The van der Waals surface area contributed by atoms with Gasteiger partial charge in [0.05, 0.1) is 17.1 Å². The van der Waals surface area contributed by atoms with Crippen LogP contribution in [0.1, 0.15) is 28.1 Å². The van der Waals surface area contributed by atoms with E-state index in [-0.39, 0.29) is 0 Å². The summed E-state index contributed by atoms with van der Waals surface area (Å²) in [6.07, 6.45) is 2.24. The molecule has 0 unspecified atom stereocenters. The summed E-state index contributed by atoms with van der Waals surface area (Å²) in [5.74, 6) is 0. The molecular weight excluding hydrogens is 334 g/mol. The molecule has 0 spiro atoms. The number of fused-ring (bicyclic) bond motifs is 1. The minimum atomic E-state index is 0.810. The number of anilines is 2. The molecule has 3 aromatic rings.